The Morgan fingerprint density at radius 2 is 2.04 bits per heavy atom. The van der Waals surface area contributed by atoms with Gasteiger partial charge in [-0.3, -0.25) is 4.68 Å². The molecule has 1 heterocycles. The molecule has 1 aromatic carbocycles. The molecule has 124 valence electrons. The normalized spacial score (nSPS) is 11.7. The fourth-order valence-electron chi connectivity index (χ4n) is 2.39. The van der Waals surface area contributed by atoms with Crippen molar-refractivity contribution >= 4 is 11.7 Å². The van der Waals surface area contributed by atoms with Crippen LogP contribution in [-0.4, -0.2) is 30.0 Å². The number of aryl methyl sites for hydroxylation is 2. The minimum Gasteiger partial charge on any atom is -0.497 e. The molecule has 2 aromatic rings. The van der Waals surface area contributed by atoms with Crippen LogP contribution >= 0.6 is 0 Å². The Morgan fingerprint density at radius 1 is 1.30 bits per heavy atom. The van der Waals surface area contributed by atoms with Gasteiger partial charge in [0, 0.05) is 24.9 Å². The maximum absolute atomic E-state index is 12.2. The van der Waals surface area contributed by atoms with Gasteiger partial charge in [-0.15, -0.1) is 0 Å². The van der Waals surface area contributed by atoms with Crippen LogP contribution in [0.2, 0.25) is 0 Å². The Labute approximate surface area is 135 Å². The lowest BCUT2D eigenvalue weighted by Gasteiger charge is -2.16. The van der Waals surface area contributed by atoms with Gasteiger partial charge in [0.05, 0.1) is 31.6 Å². The molecule has 7 nitrogen and oxygen atoms in total. The van der Waals surface area contributed by atoms with E-state index in [9.17, 15) is 4.79 Å². The topological polar surface area (TPSA) is 77.4 Å². The zero-order valence-electron chi connectivity index (χ0n) is 14.0. The first-order valence-electron chi connectivity index (χ1n) is 7.24. The molecule has 1 aromatic heterocycles. The van der Waals surface area contributed by atoms with Gasteiger partial charge in [0.1, 0.15) is 11.5 Å². The molecule has 0 aliphatic heterocycles. The van der Waals surface area contributed by atoms with Crippen LogP contribution in [0.4, 0.5) is 10.5 Å². The lowest BCUT2D eigenvalue weighted by Crippen LogP contribution is -2.31. The van der Waals surface area contributed by atoms with Gasteiger partial charge in [0.15, 0.2) is 0 Å². The number of urea groups is 1. The average Bonchev–Trinajstić information content (AvgIpc) is 2.85. The van der Waals surface area contributed by atoms with Crippen molar-refractivity contribution in [2.45, 2.75) is 19.9 Å². The molecule has 2 rings (SSSR count). The van der Waals surface area contributed by atoms with Crippen LogP contribution in [0.5, 0.6) is 11.5 Å². The number of methoxy groups -OCH3 is 2. The third-order valence-corrected chi connectivity index (χ3v) is 3.52. The summed E-state index contributed by atoms with van der Waals surface area (Å²) in [5.74, 6) is 1.20. The number of amides is 2. The van der Waals surface area contributed by atoms with Crippen molar-refractivity contribution in [3.8, 4) is 11.5 Å². The lowest BCUT2D eigenvalue weighted by atomic mass is 10.1. The minimum atomic E-state index is -0.327. The monoisotopic (exact) mass is 318 g/mol. The molecule has 0 bridgehead atoms. The molecule has 1 atom stereocenters. The summed E-state index contributed by atoms with van der Waals surface area (Å²) in [5, 5.41) is 9.95. The van der Waals surface area contributed by atoms with Crippen LogP contribution in [0, 0.1) is 6.92 Å². The molecule has 2 N–H and O–H groups in total. The van der Waals surface area contributed by atoms with Gasteiger partial charge in [-0.05, 0) is 26.0 Å². The zero-order chi connectivity index (χ0) is 17.0. The second-order valence-corrected chi connectivity index (χ2v) is 5.23. The van der Waals surface area contributed by atoms with Gasteiger partial charge in [0.25, 0.3) is 0 Å². The maximum Gasteiger partial charge on any atom is 0.319 e. The van der Waals surface area contributed by atoms with Crippen molar-refractivity contribution < 1.29 is 14.3 Å². The van der Waals surface area contributed by atoms with Crippen molar-refractivity contribution in [3.63, 3.8) is 0 Å². The van der Waals surface area contributed by atoms with E-state index < -0.39 is 0 Å². The highest BCUT2D eigenvalue weighted by molar-refractivity contribution is 5.91. The molecular formula is C16H22N4O3. The standard InChI is InChI=1S/C16H22N4O3/c1-10(13-9-20(3)19-11(13)2)17-16(21)18-14-8-12(22-4)6-7-15(14)23-5/h6-10H,1-5H3,(H2,17,18,21)/t10-/m0/s1. The van der Waals surface area contributed by atoms with Crippen LogP contribution in [0.1, 0.15) is 24.2 Å². The molecule has 0 spiro atoms. The first-order valence-corrected chi connectivity index (χ1v) is 7.24. The molecule has 0 unspecified atom stereocenters. The van der Waals surface area contributed by atoms with E-state index in [-0.39, 0.29) is 12.1 Å². The van der Waals surface area contributed by atoms with Crippen molar-refractivity contribution in [2.24, 2.45) is 7.05 Å². The average molecular weight is 318 g/mol. The van der Waals surface area contributed by atoms with Gasteiger partial charge in [-0.1, -0.05) is 0 Å². The highest BCUT2D eigenvalue weighted by atomic mass is 16.5. The predicted molar refractivity (Wildman–Crippen MR) is 88.1 cm³/mol. The number of anilines is 1. The van der Waals surface area contributed by atoms with Crippen molar-refractivity contribution in [1.29, 1.82) is 0 Å². The number of hydrogen-bond donors (Lipinski definition) is 2. The van der Waals surface area contributed by atoms with Crippen LogP contribution < -0.4 is 20.1 Å². The molecule has 2 amide bonds. The minimum absolute atomic E-state index is 0.166. The van der Waals surface area contributed by atoms with Gasteiger partial charge < -0.3 is 20.1 Å². The first-order chi connectivity index (χ1) is 10.9. The summed E-state index contributed by atoms with van der Waals surface area (Å²) >= 11 is 0. The molecule has 0 radical (unpaired) electrons. The largest absolute Gasteiger partial charge is 0.497 e. The van der Waals surface area contributed by atoms with E-state index in [0.29, 0.717) is 17.2 Å². The van der Waals surface area contributed by atoms with Crippen LogP contribution in [0.25, 0.3) is 0 Å². The SMILES string of the molecule is COc1ccc(OC)c(NC(=O)N[C@@H](C)c2cn(C)nc2C)c1. The number of carbonyl (C=O) groups excluding carboxylic acids is 1. The summed E-state index contributed by atoms with van der Waals surface area (Å²) in [4.78, 5) is 12.2. The van der Waals surface area contributed by atoms with E-state index in [0.717, 1.165) is 11.3 Å². The summed E-state index contributed by atoms with van der Waals surface area (Å²) in [6.07, 6.45) is 1.90. The van der Waals surface area contributed by atoms with E-state index in [1.54, 1.807) is 37.1 Å². The first kappa shape index (κ1) is 16.7. The molecule has 0 saturated carbocycles. The molecule has 23 heavy (non-hydrogen) atoms. The Morgan fingerprint density at radius 3 is 2.61 bits per heavy atom. The number of hydrogen-bond acceptors (Lipinski definition) is 4. The van der Waals surface area contributed by atoms with E-state index in [1.165, 1.54) is 0 Å². The maximum atomic E-state index is 12.2. The van der Waals surface area contributed by atoms with Crippen molar-refractivity contribution in [1.82, 2.24) is 15.1 Å². The Bertz CT molecular complexity index is 697. The van der Waals surface area contributed by atoms with Gasteiger partial charge in [0.2, 0.25) is 0 Å². The highest BCUT2D eigenvalue weighted by Gasteiger charge is 2.15. The third kappa shape index (κ3) is 3.94. The Kier molecular flexibility index (Phi) is 5.10. The van der Waals surface area contributed by atoms with Gasteiger partial charge in [-0.2, -0.15) is 5.10 Å². The number of aromatic nitrogens is 2. The van der Waals surface area contributed by atoms with Gasteiger partial charge in [-0.25, -0.2) is 4.79 Å². The summed E-state index contributed by atoms with van der Waals surface area (Å²) in [6, 6.07) is 4.72. The lowest BCUT2D eigenvalue weighted by molar-refractivity contribution is 0.249. The number of ether oxygens (including phenoxy) is 2. The van der Waals surface area contributed by atoms with E-state index in [4.69, 9.17) is 9.47 Å². The summed E-state index contributed by atoms with van der Waals surface area (Å²) in [5.41, 5.74) is 2.40. The summed E-state index contributed by atoms with van der Waals surface area (Å²) in [7, 11) is 4.97. The number of rotatable bonds is 5. The van der Waals surface area contributed by atoms with E-state index in [1.807, 2.05) is 27.1 Å². The molecule has 0 saturated heterocycles. The Balaban J connectivity index is 2.09. The van der Waals surface area contributed by atoms with Crippen molar-refractivity contribution in [2.75, 3.05) is 19.5 Å². The van der Waals surface area contributed by atoms with E-state index in [2.05, 4.69) is 15.7 Å². The third-order valence-electron chi connectivity index (χ3n) is 3.52. The quantitative estimate of drug-likeness (QED) is 0.888. The Hall–Kier alpha value is -2.70. The summed E-state index contributed by atoms with van der Waals surface area (Å²) < 4.78 is 12.1. The van der Waals surface area contributed by atoms with Crippen LogP contribution in [0.3, 0.4) is 0 Å². The highest BCUT2D eigenvalue weighted by Crippen LogP contribution is 2.29. The number of carbonyl (C=O) groups is 1. The second-order valence-electron chi connectivity index (χ2n) is 5.23. The number of nitrogens with one attached hydrogen (secondary N) is 2. The molecule has 0 aliphatic rings. The van der Waals surface area contributed by atoms with E-state index >= 15 is 0 Å². The fraction of sp³-hybridized carbons (Fsp3) is 0.375. The van der Waals surface area contributed by atoms with Crippen LogP contribution in [-0.2, 0) is 7.05 Å². The zero-order valence-corrected chi connectivity index (χ0v) is 14.0. The van der Waals surface area contributed by atoms with Crippen LogP contribution in [0.15, 0.2) is 24.4 Å². The van der Waals surface area contributed by atoms with Gasteiger partial charge >= 0.3 is 6.03 Å². The number of benzene rings is 1. The predicted octanol–water partition coefficient (Wildman–Crippen LogP) is 2.63. The molecular weight excluding hydrogens is 296 g/mol. The number of nitrogens with zero attached hydrogens (tertiary/aromatic N) is 2. The smallest absolute Gasteiger partial charge is 0.319 e. The summed E-state index contributed by atoms with van der Waals surface area (Å²) in [6.45, 7) is 3.82. The second kappa shape index (κ2) is 7.04. The van der Waals surface area contributed by atoms with Crippen molar-refractivity contribution in [3.05, 3.63) is 35.7 Å². The molecule has 0 fully saturated rings. The fourth-order valence-corrected chi connectivity index (χ4v) is 2.39. The molecule has 0 aliphatic carbocycles. The molecule has 7 heteroatoms.